The fourth-order valence-electron chi connectivity index (χ4n) is 2.27. The minimum atomic E-state index is 0.0136. The van der Waals surface area contributed by atoms with Crippen LogP contribution in [0, 0.1) is 5.92 Å². The van der Waals surface area contributed by atoms with Crippen LogP contribution in [0.1, 0.15) is 33.6 Å². The van der Waals surface area contributed by atoms with Crippen LogP contribution in [0.25, 0.3) is 0 Å². The third-order valence-corrected chi connectivity index (χ3v) is 3.11. The summed E-state index contributed by atoms with van der Waals surface area (Å²) in [5.74, 6) is 0.637. The van der Waals surface area contributed by atoms with Gasteiger partial charge in [0.25, 0.3) is 0 Å². The van der Waals surface area contributed by atoms with Crippen LogP contribution in [-0.4, -0.2) is 43.3 Å². The SMILES string of the molecule is CCC1NC(CC)N(CC(C)COC)C1=O. The van der Waals surface area contributed by atoms with Gasteiger partial charge >= 0.3 is 0 Å². The lowest BCUT2D eigenvalue weighted by atomic mass is 10.1. The monoisotopic (exact) mass is 228 g/mol. The first-order valence-corrected chi connectivity index (χ1v) is 6.19. The van der Waals surface area contributed by atoms with E-state index in [4.69, 9.17) is 4.74 Å². The van der Waals surface area contributed by atoms with Crippen LogP contribution in [0.3, 0.4) is 0 Å². The van der Waals surface area contributed by atoms with Crippen molar-refractivity contribution in [1.82, 2.24) is 10.2 Å². The topological polar surface area (TPSA) is 41.6 Å². The molecule has 16 heavy (non-hydrogen) atoms. The summed E-state index contributed by atoms with van der Waals surface area (Å²) in [5, 5.41) is 3.37. The van der Waals surface area contributed by atoms with Gasteiger partial charge in [0, 0.05) is 13.7 Å². The molecule has 0 aromatic carbocycles. The Hall–Kier alpha value is -0.610. The second-order valence-electron chi connectivity index (χ2n) is 4.60. The molecule has 4 nitrogen and oxygen atoms in total. The smallest absolute Gasteiger partial charge is 0.241 e. The second-order valence-corrected chi connectivity index (χ2v) is 4.60. The van der Waals surface area contributed by atoms with Gasteiger partial charge in [0.15, 0.2) is 0 Å². The molecular weight excluding hydrogens is 204 g/mol. The molecule has 1 aliphatic rings. The number of nitrogens with one attached hydrogen (secondary N) is 1. The van der Waals surface area contributed by atoms with E-state index in [-0.39, 0.29) is 18.1 Å². The average Bonchev–Trinajstić information content (AvgIpc) is 2.56. The lowest BCUT2D eigenvalue weighted by Gasteiger charge is -2.26. The molecule has 1 saturated heterocycles. The Morgan fingerprint density at radius 3 is 2.62 bits per heavy atom. The van der Waals surface area contributed by atoms with E-state index in [0.717, 1.165) is 19.4 Å². The van der Waals surface area contributed by atoms with Gasteiger partial charge in [-0.25, -0.2) is 0 Å². The van der Waals surface area contributed by atoms with Crippen LogP contribution in [0.15, 0.2) is 0 Å². The molecule has 0 spiro atoms. The first kappa shape index (κ1) is 13.5. The van der Waals surface area contributed by atoms with Crippen molar-refractivity contribution in [3.8, 4) is 0 Å². The molecule has 3 atom stereocenters. The van der Waals surface area contributed by atoms with E-state index in [1.165, 1.54) is 0 Å². The Morgan fingerprint density at radius 2 is 2.12 bits per heavy atom. The van der Waals surface area contributed by atoms with E-state index >= 15 is 0 Å². The molecule has 0 aliphatic carbocycles. The summed E-state index contributed by atoms with van der Waals surface area (Å²) < 4.78 is 5.11. The highest BCUT2D eigenvalue weighted by atomic mass is 16.5. The van der Waals surface area contributed by atoms with E-state index in [1.54, 1.807) is 7.11 Å². The molecule has 4 heteroatoms. The first-order valence-electron chi connectivity index (χ1n) is 6.19. The molecule has 0 radical (unpaired) electrons. The Balaban J connectivity index is 2.58. The number of hydrogen-bond donors (Lipinski definition) is 1. The number of amides is 1. The van der Waals surface area contributed by atoms with Crippen LogP contribution in [-0.2, 0) is 9.53 Å². The number of nitrogens with zero attached hydrogens (tertiary/aromatic N) is 1. The van der Waals surface area contributed by atoms with E-state index in [9.17, 15) is 4.79 Å². The molecule has 1 amide bonds. The van der Waals surface area contributed by atoms with Gasteiger partial charge in [0.05, 0.1) is 18.8 Å². The minimum Gasteiger partial charge on any atom is -0.384 e. The normalized spacial score (nSPS) is 27.5. The molecule has 1 rings (SSSR count). The van der Waals surface area contributed by atoms with Crippen molar-refractivity contribution in [1.29, 1.82) is 0 Å². The largest absolute Gasteiger partial charge is 0.384 e. The van der Waals surface area contributed by atoms with Crippen molar-refractivity contribution in [3.05, 3.63) is 0 Å². The van der Waals surface area contributed by atoms with E-state index in [0.29, 0.717) is 12.5 Å². The highest BCUT2D eigenvalue weighted by Gasteiger charge is 2.36. The summed E-state index contributed by atoms with van der Waals surface area (Å²) in [6, 6.07) is 0.0136. The molecule has 0 aromatic heterocycles. The molecule has 0 saturated carbocycles. The number of carbonyl (C=O) groups excluding carboxylic acids is 1. The predicted molar refractivity (Wildman–Crippen MR) is 64.0 cm³/mol. The standard InChI is InChI=1S/C12H24N2O2/c1-5-10-12(15)14(11(6-2)13-10)7-9(3)8-16-4/h9-11,13H,5-8H2,1-4H3. The quantitative estimate of drug-likeness (QED) is 0.743. The summed E-state index contributed by atoms with van der Waals surface area (Å²) >= 11 is 0. The zero-order chi connectivity index (χ0) is 12.1. The Morgan fingerprint density at radius 1 is 1.44 bits per heavy atom. The third-order valence-electron chi connectivity index (χ3n) is 3.11. The molecule has 94 valence electrons. The fraction of sp³-hybridized carbons (Fsp3) is 0.917. The predicted octanol–water partition coefficient (Wildman–Crippen LogP) is 1.22. The van der Waals surface area contributed by atoms with Crippen LogP contribution in [0.5, 0.6) is 0 Å². The molecule has 1 N–H and O–H groups in total. The Kier molecular flexibility index (Phi) is 5.22. The molecule has 1 aliphatic heterocycles. The highest BCUT2D eigenvalue weighted by Crippen LogP contribution is 2.17. The van der Waals surface area contributed by atoms with Crippen LogP contribution in [0.2, 0.25) is 0 Å². The minimum absolute atomic E-state index is 0.0136. The Labute approximate surface area is 98.3 Å². The zero-order valence-electron chi connectivity index (χ0n) is 10.8. The van der Waals surface area contributed by atoms with Gasteiger partial charge in [-0.1, -0.05) is 20.8 Å². The number of methoxy groups -OCH3 is 1. The highest BCUT2D eigenvalue weighted by molar-refractivity contribution is 5.84. The van der Waals surface area contributed by atoms with Crippen molar-refractivity contribution in [2.24, 2.45) is 5.92 Å². The van der Waals surface area contributed by atoms with Crippen molar-refractivity contribution < 1.29 is 9.53 Å². The lowest BCUT2D eigenvalue weighted by molar-refractivity contribution is -0.130. The summed E-state index contributed by atoms with van der Waals surface area (Å²) in [5.41, 5.74) is 0. The van der Waals surface area contributed by atoms with E-state index in [1.807, 2.05) is 11.8 Å². The lowest BCUT2D eigenvalue weighted by Crippen LogP contribution is -2.40. The molecule has 1 fully saturated rings. The number of carbonyl (C=O) groups is 1. The van der Waals surface area contributed by atoms with Crippen molar-refractivity contribution in [2.45, 2.75) is 45.8 Å². The van der Waals surface area contributed by atoms with Gasteiger partial charge in [-0.15, -0.1) is 0 Å². The van der Waals surface area contributed by atoms with Crippen LogP contribution < -0.4 is 5.32 Å². The first-order chi connectivity index (χ1) is 7.63. The maximum Gasteiger partial charge on any atom is 0.241 e. The fourth-order valence-corrected chi connectivity index (χ4v) is 2.27. The summed E-state index contributed by atoms with van der Waals surface area (Å²) in [4.78, 5) is 14.0. The molecule has 3 unspecified atom stereocenters. The average molecular weight is 228 g/mol. The van der Waals surface area contributed by atoms with Gasteiger partial charge in [-0.05, 0) is 18.8 Å². The van der Waals surface area contributed by atoms with Gasteiger partial charge < -0.3 is 9.64 Å². The summed E-state index contributed by atoms with van der Waals surface area (Å²) in [6.45, 7) is 7.76. The van der Waals surface area contributed by atoms with Gasteiger partial charge in [0.1, 0.15) is 0 Å². The maximum atomic E-state index is 12.1. The van der Waals surface area contributed by atoms with Gasteiger partial charge in [-0.3, -0.25) is 10.1 Å². The second kappa shape index (κ2) is 6.21. The molecular formula is C12H24N2O2. The molecule has 0 bridgehead atoms. The maximum absolute atomic E-state index is 12.1. The molecule has 1 heterocycles. The Bertz CT molecular complexity index is 233. The van der Waals surface area contributed by atoms with Crippen molar-refractivity contribution >= 4 is 5.91 Å². The summed E-state index contributed by atoms with van der Waals surface area (Å²) in [7, 11) is 1.70. The van der Waals surface area contributed by atoms with Crippen molar-refractivity contribution in [3.63, 3.8) is 0 Å². The number of rotatable bonds is 6. The van der Waals surface area contributed by atoms with Gasteiger partial charge in [0.2, 0.25) is 5.91 Å². The number of hydrogen-bond acceptors (Lipinski definition) is 3. The molecule has 0 aromatic rings. The van der Waals surface area contributed by atoms with Crippen LogP contribution >= 0.6 is 0 Å². The van der Waals surface area contributed by atoms with Crippen LogP contribution in [0.4, 0.5) is 0 Å². The van der Waals surface area contributed by atoms with Gasteiger partial charge in [-0.2, -0.15) is 0 Å². The van der Waals surface area contributed by atoms with E-state index < -0.39 is 0 Å². The number of ether oxygens (including phenoxy) is 1. The van der Waals surface area contributed by atoms with Crippen molar-refractivity contribution in [2.75, 3.05) is 20.3 Å². The third kappa shape index (κ3) is 2.95. The zero-order valence-corrected chi connectivity index (χ0v) is 10.8. The summed E-state index contributed by atoms with van der Waals surface area (Å²) in [6.07, 6.45) is 2.03. The van der Waals surface area contributed by atoms with E-state index in [2.05, 4.69) is 19.2 Å².